The van der Waals surface area contributed by atoms with Gasteiger partial charge in [0, 0.05) is 30.0 Å². The molecule has 0 aliphatic carbocycles. The van der Waals surface area contributed by atoms with Gasteiger partial charge >= 0.3 is 0 Å². The largest absolute Gasteiger partial charge is 0.494 e. The van der Waals surface area contributed by atoms with Crippen molar-refractivity contribution in [3.63, 3.8) is 0 Å². The van der Waals surface area contributed by atoms with Crippen molar-refractivity contribution in [3.05, 3.63) is 28.3 Å². The topological polar surface area (TPSA) is 84.6 Å². The Bertz CT molecular complexity index is 464. The van der Waals surface area contributed by atoms with Crippen LogP contribution >= 0.6 is 0 Å². The van der Waals surface area contributed by atoms with Crippen LogP contribution in [0.15, 0.2) is 18.2 Å². The van der Waals surface area contributed by atoms with Gasteiger partial charge in [-0.3, -0.25) is 10.1 Å². The molecule has 0 heterocycles. The first-order valence-corrected chi connectivity index (χ1v) is 6.75. The smallest absolute Gasteiger partial charge is 0.275 e. The maximum absolute atomic E-state index is 11.0. The molecule has 1 rings (SSSR count). The lowest BCUT2D eigenvalue weighted by Crippen LogP contribution is -2.35. The summed E-state index contributed by atoms with van der Waals surface area (Å²) >= 11 is 0. The Kier molecular flexibility index (Phi) is 5.76. The van der Waals surface area contributed by atoms with Crippen LogP contribution in [0.5, 0.6) is 5.75 Å². The van der Waals surface area contributed by atoms with Crippen molar-refractivity contribution in [2.24, 2.45) is 0 Å². The fourth-order valence-corrected chi connectivity index (χ4v) is 1.93. The predicted octanol–water partition coefficient (Wildman–Crippen LogP) is 2.96. The van der Waals surface area contributed by atoms with Gasteiger partial charge in [0.15, 0.2) is 0 Å². The molecule has 0 amide bonds. The number of aliphatic hydroxyl groups excluding tert-OH is 1. The summed E-state index contributed by atoms with van der Waals surface area (Å²) in [5, 5.41) is 23.3. The second-order valence-corrected chi connectivity index (χ2v) is 4.92. The number of nitro benzene ring substituents is 1. The molecule has 6 nitrogen and oxygen atoms in total. The van der Waals surface area contributed by atoms with Crippen LogP contribution in [0.4, 0.5) is 11.4 Å². The molecule has 0 aliphatic heterocycles. The normalized spacial score (nSPS) is 13.6. The van der Waals surface area contributed by atoms with E-state index in [1.807, 2.05) is 20.8 Å². The molecule has 2 N–H and O–H groups in total. The molecule has 6 heteroatoms. The van der Waals surface area contributed by atoms with Crippen LogP contribution < -0.4 is 10.1 Å². The summed E-state index contributed by atoms with van der Waals surface area (Å²) in [6, 6.07) is 4.62. The number of hydrogen-bond donors (Lipinski definition) is 2. The molecule has 0 saturated carbocycles. The number of rotatable bonds is 8. The Hall–Kier alpha value is -1.82. The van der Waals surface area contributed by atoms with E-state index < -0.39 is 4.92 Å². The van der Waals surface area contributed by atoms with Crippen molar-refractivity contribution in [1.82, 2.24) is 0 Å². The summed E-state index contributed by atoms with van der Waals surface area (Å²) in [5.41, 5.74) is 0.300. The Morgan fingerprint density at radius 1 is 1.40 bits per heavy atom. The lowest BCUT2D eigenvalue weighted by atomic mass is 9.94. The van der Waals surface area contributed by atoms with E-state index in [0.717, 1.165) is 6.42 Å². The Balaban J connectivity index is 3.06. The minimum atomic E-state index is -0.441. The quantitative estimate of drug-likeness (QED) is 0.565. The minimum absolute atomic E-state index is 0.0131. The van der Waals surface area contributed by atoms with Gasteiger partial charge in [-0.2, -0.15) is 0 Å². The first kappa shape index (κ1) is 16.2. The summed E-state index contributed by atoms with van der Waals surface area (Å²) in [7, 11) is 0. The average molecular weight is 282 g/mol. The third kappa shape index (κ3) is 4.38. The highest BCUT2D eigenvalue weighted by atomic mass is 16.6. The number of ether oxygens (including phenoxy) is 1. The zero-order chi connectivity index (χ0) is 15.2. The second-order valence-electron chi connectivity index (χ2n) is 4.92. The second kappa shape index (κ2) is 7.09. The van der Waals surface area contributed by atoms with Crippen molar-refractivity contribution >= 4 is 11.4 Å². The van der Waals surface area contributed by atoms with E-state index in [1.54, 1.807) is 6.07 Å². The van der Waals surface area contributed by atoms with E-state index in [0.29, 0.717) is 24.5 Å². The van der Waals surface area contributed by atoms with Gasteiger partial charge in [-0.15, -0.1) is 0 Å². The highest BCUT2D eigenvalue weighted by molar-refractivity contribution is 5.57. The molecule has 112 valence electrons. The molecule has 1 aromatic carbocycles. The van der Waals surface area contributed by atoms with Crippen LogP contribution in [0.1, 0.15) is 33.6 Å². The van der Waals surface area contributed by atoms with Crippen molar-refractivity contribution in [3.8, 4) is 5.75 Å². The van der Waals surface area contributed by atoms with Gasteiger partial charge in [0.2, 0.25) is 0 Å². The third-order valence-corrected chi connectivity index (χ3v) is 3.30. The van der Waals surface area contributed by atoms with Gasteiger partial charge in [-0.25, -0.2) is 0 Å². The van der Waals surface area contributed by atoms with Crippen molar-refractivity contribution in [2.75, 3.05) is 18.5 Å². The Morgan fingerprint density at radius 3 is 2.60 bits per heavy atom. The predicted molar refractivity (Wildman–Crippen MR) is 78.3 cm³/mol. The highest BCUT2D eigenvalue weighted by Crippen LogP contribution is 2.29. The molecule has 0 fully saturated rings. The van der Waals surface area contributed by atoms with Crippen molar-refractivity contribution in [2.45, 2.75) is 39.2 Å². The Labute approximate surface area is 118 Å². The van der Waals surface area contributed by atoms with Crippen molar-refractivity contribution < 1.29 is 14.8 Å². The van der Waals surface area contributed by atoms with Crippen LogP contribution in [0.2, 0.25) is 0 Å². The van der Waals surface area contributed by atoms with Gasteiger partial charge in [-0.05, 0) is 26.7 Å². The molecule has 0 aromatic heterocycles. The SMILES string of the molecule is CCOc1cc(NC(C)(CC)CCO)cc([N+](=O)[O-])c1. The highest BCUT2D eigenvalue weighted by Gasteiger charge is 2.22. The summed E-state index contributed by atoms with van der Waals surface area (Å²) in [6.07, 6.45) is 1.36. The van der Waals surface area contributed by atoms with E-state index in [-0.39, 0.29) is 17.8 Å². The Morgan fingerprint density at radius 2 is 2.10 bits per heavy atom. The van der Waals surface area contributed by atoms with Crippen LogP contribution in [0.3, 0.4) is 0 Å². The maximum atomic E-state index is 11.0. The van der Waals surface area contributed by atoms with Crippen molar-refractivity contribution in [1.29, 1.82) is 0 Å². The molecule has 0 bridgehead atoms. The number of nitro groups is 1. The third-order valence-electron chi connectivity index (χ3n) is 3.30. The van der Waals surface area contributed by atoms with Gasteiger partial charge in [0.25, 0.3) is 5.69 Å². The first-order chi connectivity index (χ1) is 9.44. The zero-order valence-electron chi connectivity index (χ0n) is 12.2. The maximum Gasteiger partial charge on any atom is 0.275 e. The lowest BCUT2D eigenvalue weighted by Gasteiger charge is -2.30. The molecule has 1 aromatic rings. The molecule has 1 atom stereocenters. The molecule has 1 unspecified atom stereocenters. The molecule has 20 heavy (non-hydrogen) atoms. The standard InChI is InChI=1S/C14H22N2O4/c1-4-14(3,6-7-17)15-11-8-12(16(18)19)10-13(9-11)20-5-2/h8-10,15,17H,4-7H2,1-3H3. The van der Waals surface area contributed by atoms with Gasteiger partial charge in [-0.1, -0.05) is 6.92 Å². The lowest BCUT2D eigenvalue weighted by molar-refractivity contribution is -0.384. The zero-order valence-corrected chi connectivity index (χ0v) is 12.2. The van der Waals surface area contributed by atoms with Gasteiger partial charge < -0.3 is 15.2 Å². The molecule has 0 radical (unpaired) electrons. The summed E-state index contributed by atoms with van der Waals surface area (Å²) < 4.78 is 5.35. The van der Waals surface area contributed by atoms with Crippen LogP contribution in [-0.2, 0) is 0 Å². The number of benzene rings is 1. The number of non-ortho nitro benzene ring substituents is 1. The molecule has 0 aliphatic rings. The molecular weight excluding hydrogens is 260 g/mol. The fourth-order valence-electron chi connectivity index (χ4n) is 1.93. The van der Waals surface area contributed by atoms with Gasteiger partial charge in [0.1, 0.15) is 5.75 Å². The van der Waals surface area contributed by atoms with Crippen LogP contribution in [0, 0.1) is 10.1 Å². The van der Waals surface area contributed by atoms with E-state index in [9.17, 15) is 10.1 Å². The number of hydrogen-bond acceptors (Lipinski definition) is 5. The summed E-state index contributed by atoms with van der Waals surface area (Å²) in [5.74, 6) is 0.464. The van der Waals surface area contributed by atoms with E-state index in [4.69, 9.17) is 9.84 Å². The number of nitrogens with one attached hydrogen (secondary N) is 1. The van der Waals surface area contributed by atoms with E-state index >= 15 is 0 Å². The molecule has 0 spiro atoms. The molecular formula is C14H22N2O4. The number of anilines is 1. The number of aliphatic hydroxyl groups is 1. The van der Waals surface area contributed by atoms with Crippen LogP contribution in [-0.4, -0.2) is 28.8 Å². The summed E-state index contributed by atoms with van der Waals surface area (Å²) in [6.45, 7) is 6.31. The fraction of sp³-hybridized carbons (Fsp3) is 0.571. The monoisotopic (exact) mass is 282 g/mol. The first-order valence-electron chi connectivity index (χ1n) is 6.75. The van der Waals surface area contributed by atoms with E-state index in [2.05, 4.69) is 5.32 Å². The number of nitrogens with zero attached hydrogens (tertiary/aromatic N) is 1. The molecule has 0 saturated heterocycles. The average Bonchev–Trinajstić information content (AvgIpc) is 2.39. The summed E-state index contributed by atoms with van der Waals surface area (Å²) in [4.78, 5) is 10.5. The minimum Gasteiger partial charge on any atom is -0.494 e. The van der Waals surface area contributed by atoms with E-state index in [1.165, 1.54) is 12.1 Å². The van der Waals surface area contributed by atoms with Crippen LogP contribution in [0.25, 0.3) is 0 Å². The van der Waals surface area contributed by atoms with Gasteiger partial charge in [0.05, 0.1) is 17.6 Å².